The predicted octanol–water partition coefficient (Wildman–Crippen LogP) is 1.45. The maximum Gasteiger partial charge on any atom is 0.229 e. The van der Waals surface area contributed by atoms with Crippen molar-refractivity contribution in [3.8, 4) is 0 Å². The maximum atomic E-state index is 12.4. The number of hydrogen-bond donors (Lipinski definition) is 0. The van der Waals surface area contributed by atoms with Gasteiger partial charge in [-0.15, -0.1) is 0 Å². The second-order valence-corrected chi connectivity index (χ2v) is 5.54. The van der Waals surface area contributed by atoms with Crippen molar-refractivity contribution in [1.82, 2.24) is 14.9 Å². The first-order chi connectivity index (χ1) is 10.3. The number of anilines is 1. The lowest BCUT2D eigenvalue weighted by molar-refractivity contribution is -0.117. The van der Waals surface area contributed by atoms with Crippen molar-refractivity contribution in [1.29, 1.82) is 0 Å². The van der Waals surface area contributed by atoms with Crippen LogP contribution in [0.25, 0.3) is 0 Å². The van der Waals surface area contributed by atoms with Gasteiger partial charge in [-0.1, -0.05) is 0 Å². The zero-order valence-electron chi connectivity index (χ0n) is 11.6. The number of amides is 1. The second-order valence-electron chi connectivity index (χ2n) is 5.54. The average molecular weight is 284 g/mol. The standard InChI is InChI=1S/C15H16N4O2/c20-15-6-14-13(19(15)11-7-16-10-17-8-11)3-4-18(14)9-12-2-1-5-21-12/h1-2,5,7-8,10,13-14H,3-4,6,9H2/t13-,14-/m0/s1. The molecule has 2 aliphatic heterocycles. The Labute approximate surface area is 122 Å². The van der Waals surface area contributed by atoms with Crippen LogP contribution in [0.3, 0.4) is 0 Å². The van der Waals surface area contributed by atoms with Gasteiger partial charge in [0.1, 0.15) is 12.1 Å². The number of carbonyl (C=O) groups is 1. The van der Waals surface area contributed by atoms with Crippen LogP contribution in [-0.4, -0.2) is 39.4 Å². The summed E-state index contributed by atoms with van der Waals surface area (Å²) in [5.41, 5.74) is 0.801. The van der Waals surface area contributed by atoms with E-state index < -0.39 is 0 Å². The molecule has 0 N–H and O–H groups in total. The molecule has 2 aromatic rings. The average Bonchev–Trinajstić information content (AvgIpc) is 3.19. The van der Waals surface area contributed by atoms with Crippen molar-refractivity contribution in [3.63, 3.8) is 0 Å². The summed E-state index contributed by atoms with van der Waals surface area (Å²) in [6.07, 6.45) is 8.13. The summed E-state index contributed by atoms with van der Waals surface area (Å²) in [5.74, 6) is 1.11. The Hall–Kier alpha value is -2.21. The Bertz CT molecular complexity index is 628. The van der Waals surface area contributed by atoms with Crippen LogP contribution < -0.4 is 4.90 Å². The molecule has 6 heteroatoms. The zero-order chi connectivity index (χ0) is 14.2. The Kier molecular flexibility index (Phi) is 2.96. The van der Waals surface area contributed by atoms with Crippen molar-refractivity contribution in [3.05, 3.63) is 42.9 Å². The maximum absolute atomic E-state index is 12.4. The minimum atomic E-state index is 0.156. The SMILES string of the molecule is O=C1C[C@H]2[C@H](CCN2Cc2ccco2)N1c1cncnc1. The van der Waals surface area contributed by atoms with E-state index in [-0.39, 0.29) is 18.0 Å². The normalized spacial score (nSPS) is 25.5. The molecule has 0 aromatic carbocycles. The molecular formula is C15H16N4O2. The van der Waals surface area contributed by atoms with Crippen LogP contribution >= 0.6 is 0 Å². The van der Waals surface area contributed by atoms with Gasteiger partial charge in [-0.2, -0.15) is 0 Å². The molecule has 2 atom stereocenters. The van der Waals surface area contributed by atoms with Gasteiger partial charge in [0.25, 0.3) is 0 Å². The number of aromatic nitrogens is 2. The topological polar surface area (TPSA) is 62.5 Å². The number of hydrogen-bond acceptors (Lipinski definition) is 5. The molecule has 21 heavy (non-hydrogen) atoms. The van der Waals surface area contributed by atoms with Crippen LogP contribution in [0.5, 0.6) is 0 Å². The van der Waals surface area contributed by atoms with E-state index in [2.05, 4.69) is 14.9 Å². The van der Waals surface area contributed by atoms with E-state index in [0.717, 1.165) is 31.0 Å². The van der Waals surface area contributed by atoms with Crippen LogP contribution in [0.15, 0.2) is 41.5 Å². The summed E-state index contributed by atoms with van der Waals surface area (Å²) in [7, 11) is 0. The summed E-state index contributed by atoms with van der Waals surface area (Å²) in [6.45, 7) is 1.74. The summed E-state index contributed by atoms with van der Waals surface area (Å²) < 4.78 is 5.42. The number of fused-ring (bicyclic) bond motifs is 1. The molecule has 0 radical (unpaired) electrons. The van der Waals surface area contributed by atoms with Gasteiger partial charge in [0.2, 0.25) is 5.91 Å². The fourth-order valence-corrected chi connectivity index (χ4v) is 3.48. The van der Waals surface area contributed by atoms with Gasteiger partial charge in [-0.05, 0) is 18.6 Å². The van der Waals surface area contributed by atoms with Crippen LogP contribution in [0, 0.1) is 0 Å². The predicted molar refractivity (Wildman–Crippen MR) is 75.4 cm³/mol. The number of rotatable bonds is 3. The van der Waals surface area contributed by atoms with Gasteiger partial charge in [0, 0.05) is 19.0 Å². The highest BCUT2D eigenvalue weighted by molar-refractivity contribution is 5.97. The highest BCUT2D eigenvalue weighted by Crippen LogP contribution is 2.36. The van der Waals surface area contributed by atoms with Crippen molar-refractivity contribution in [2.45, 2.75) is 31.5 Å². The molecule has 6 nitrogen and oxygen atoms in total. The van der Waals surface area contributed by atoms with Gasteiger partial charge in [0.05, 0.1) is 36.9 Å². The van der Waals surface area contributed by atoms with E-state index in [1.165, 1.54) is 6.33 Å². The summed E-state index contributed by atoms with van der Waals surface area (Å²) in [5, 5.41) is 0. The Morgan fingerprint density at radius 3 is 2.90 bits per heavy atom. The van der Waals surface area contributed by atoms with Gasteiger partial charge in [-0.25, -0.2) is 9.97 Å². The quantitative estimate of drug-likeness (QED) is 0.853. The monoisotopic (exact) mass is 284 g/mol. The van der Waals surface area contributed by atoms with E-state index >= 15 is 0 Å². The highest BCUT2D eigenvalue weighted by Gasteiger charge is 2.47. The van der Waals surface area contributed by atoms with Gasteiger partial charge in [-0.3, -0.25) is 9.69 Å². The third kappa shape index (κ3) is 2.12. The smallest absolute Gasteiger partial charge is 0.229 e. The van der Waals surface area contributed by atoms with Crippen molar-refractivity contribution < 1.29 is 9.21 Å². The summed E-state index contributed by atoms with van der Waals surface area (Å²) in [4.78, 5) is 24.6. The van der Waals surface area contributed by atoms with E-state index in [9.17, 15) is 4.79 Å². The minimum Gasteiger partial charge on any atom is -0.468 e. The lowest BCUT2D eigenvalue weighted by Crippen LogP contribution is -2.37. The van der Waals surface area contributed by atoms with Crippen LogP contribution in [0.2, 0.25) is 0 Å². The molecule has 2 fully saturated rings. The molecule has 0 saturated carbocycles. The third-order valence-electron chi connectivity index (χ3n) is 4.37. The lowest BCUT2D eigenvalue weighted by Gasteiger charge is -2.24. The van der Waals surface area contributed by atoms with E-state index in [4.69, 9.17) is 4.42 Å². The van der Waals surface area contributed by atoms with Gasteiger partial charge >= 0.3 is 0 Å². The van der Waals surface area contributed by atoms with E-state index in [1.54, 1.807) is 18.7 Å². The molecule has 0 spiro atoms. The molecule has 0 bridgehead atoms. The first-order valence-corrected chi connectivity index (χ1v) is 7.16. The first-order valence-electron chi connectivity index (χ1n) is 7.16. The Morgan fingerprint density at radius 1 is 1.29 bits per heavy atom. The molecule has 2 aromatic heterocycles. The van der Waals surface area contributed by atoms with Gasteiger partial charge in [0.15, 0.2) is 0 Å². The van der Waals surface area contributed by atoms with Crippen molar-refractivity contribution in [2.75, 3.05) is 11.4 Å². The van der Waals surface area contributed by atoms with Crippen LogP contribution in [0.4, 0.5) is 5.69 Å². The number of nitrogens with zero attached hydrogens (tertiary/aromatic N) is 4. The lowest BCUT2D eigenvalue weighted by atomic mass is 10.1. The molecule has 0 aliphatic carbocycles. The van der Waals surface area contributed by atoms with Crippen molar-refractivity contribution in [2.24, 2.45) is 0 Å². The number of carbonyl (C=O) groups excluding carboxylic acids is 1. The van der Waals surface area contributed by atoms with Crippen LogP contribution in [-0.2, 0) is 11.3 Å². The molecular weight excluding hydrogens is 268 g/mol. The van der Waals surface area contributed by atoms with Gasteiger partial charge < -0.3 is 9.32 Å². The molecule has 4 rings (SSSR count). The molecule has 1 amide bonds. The Morgan fingerprint density at radius 2 is 2.14 bits per heavy atom. The van der Waals surface area contributed by atoms with Crippen LogP contribution in [0.1, 0.15) is 18.6 Å². The summed E-state index contributed by atoms with van der Waals surface area (Å²) in [6, 6.07) is 4.35. The highest BCUT2D eigenvalue weighted by atomic mass is 16.3. The molecule has 2 saturated heterocycles. The van der Waals surface area contributed by atoms with E-state index in [1.807, 2.05) is 17.0 Å². The Balaban J connectivity index is 1.55. The second kappa shape index (κ2) is 4.96. The largest absolute Gasteiger partial charge is 0.468 e. The molecule has 0 unspecified atom stereocenters. The molecule has 4 heterocycles. The number of likely N-dealkylation sites (tertiary alicyclic amines) is 1. The third-order valence-corrected chi connectivity index (χ3v) is 4.37. The fourth-order valence-electron chi connectivity index (χ4n) is 3.48. The first kappa shape index (κ1) is 12.5. The molecule has 2 aliphatic rings. The minimum absolute atomic E-state index is 0.156. The zero-order valence-corrected chi connectivity index (χ0v) is 11.6. The fraction of sp³-hybridized carbons (Fsp3) is 0.400. The van der Waals surface area contributed by atoms with Crippen molar-refractivity contribution >= 4 is 11.6 Å². The molecule has 108 valence electrons. The number of furan rings is 1. The summed E-state index contributed by atoms with van der Waals surface area (Å²) >= 11 is 0. The van der Waals surface area contributed by atoms with E-state index in [0.29, 0.717) is 6.42 Å².